The quantitative estimate of drug-likeness (QED) is 0.872. The molecule has 4 heteroatoms. The molecule has 3 heterocycles. The first-order valence-corrected chi connectivity index (χ1v) is 8.00. The van der Waals surface area contributed by atoms with E-state index in [0.29, 0.717) is 6.10 Å². The Morgan fingerprint density at radius 2 is 2.14 bits per heavy atom. The molecule has 2 aliphatic rings. The minimum Gasteiger partial charge on any atom is -0.381 e. The number of hydrogen-bond acceptors (Lipinski definition) is 4. The van der Waals surface area contributed by atoms with Crippen molar-refractivity contribution in [3.8, 4) is 0 Å². The highest BCUT2D eigenvalue weighted by atomic mass is 16.5. The molecule has 1 aromatic carbocycles. The number of benzene rings is 1. The van der Waals surface area contributed by atoms with Gasteiger partial charge in [0.15, 0.2) is 0 Å². The van der Waals surface area contributed by atoms with Crippen LogP contribution in [0, 0.1) is 0 Å². The van der Waals surface area contributed by atoms with E-state index in [0.717, 1.165) is 50.3 Å². The van der Waals surface area contributed by atoms with E-state index in [-0.39, 0.29) is 5.60 Å². The minimum atomic E-state index is 0.0236. The molecule has 2 fully saturated rings. The maximum Gasteiger partial charge on any atom is 0.0959 e. The first-order chi connectivity index (χ1) is 10.8. The van der Waals surface area contributed by atoms with E-state index in [2.05, 4.69) is 35.2 Å². The van der Waals surface area contributed by atoms with Crippen LogP contribution in [0.5, 0.6) is 0 Å². The van der Waals surface area contributed by atoms with Crippen LogP contribution >= 0.6 is 0 Å². The Morgan fingerprint density at radius 3 is 3.00 bits per heavy atom. The Kier molecular flexibility index (Phi) is 3.60. The van der Waals surface area contributed by atoms with Gasteiger partial charge in [0.05, 0.1) is 22.9 Å². The van der Waals surface area contributed by atoms with Crippen molar-refractivity contribution in [2.45, 2.75) is 31.1 Å². The van der Waals surface area contributed by atoms with Crippen LogP contribution in [0.3, 0.4) is 0 Å². The summed E-state index contributed by atoms with van der Waals surface area (Å²) < 4.78 is 11.5. The van der Waals surface area contributed by atoms with Gasteiger partial charge < -0.3 is 9.47 Å². The molecule has 1 aromatic heterocycles. The van der Waals surface area contributed by atoms with Crippen LogP contribution in [0.4, 0.5) is 0 Å². The molecule has 1 atom stereocenters. The molecule has 2 saturated heterocycles. The molecule has 4 rings (SSSR count). The number of nitrogens with zero attached hydrogens (tertiary/aromatic N) is 2. The highest BCUT2D eigenvalue weighted by Crippen LogP contribution is 2.35. The maximum atomic E-state index is 6.03. The Hall–Kier alpha value is -1.49. The monoisotopic (exact) mass is 298 g/mol. The molecular formula is C18H22N2O2. The molecule has 2 aliphatic heterocycles. The van der Waals surface area contributed by atoms with Crippen LogP contribution < -0.4 is 0 Å². The first-order valence-electron chi connectivity index (χ1n) is 8.00. The van der Waals surface area contributed by atoms with Crippen molar-refractivity contribution in [2.24, 2.45) is 0 Å². The fourth-order valence-corrected chi connectivity index (χ4v) is 3.71. The van der Waals surface area contributed by atoms with E-state index in [1.165, 1.54) is 5.39 Å². The third-order valence-electron chi connectivity index (χ3n) is 4.85. The predicted molar refractivity (Wildman–Crippen MR) is 85.7 cm³/mol. The van der Waals surface area contributed by atoms with E-state index in [1.54, 1.807) is 7.11 Å². The van der Waals surface area contributed by atoms with E-state index in [4.69, 9.17) is 14.5 Å². The predicted octanol–water partition coefficient (Wildman–Crippen LogP) is 2.61. The van der Waals surface area contributed by atoms with Crippen LogP contribution in [-0.2, 0) is 16.0 Å². The molecule has 116 valence electrons. The molecule has 0 bridgehead atoms. The summed E-state index contributed by atoms with van der Waals surface area (Å²) >= 11 is 0. The molecule has 0 saturated carbocycles. The van der Waals surface area contributed by atoms with Gasteiger partial charge in [0.2, 0.25) is 0 Å². The largest absolute Gasteiger partial charge is 0.381 e. The molecule has 0 aliphatic carbocycles. The zero-order chi connectivity index (χ0) is 15.0. The van der Waals surface area contributed by atoms with Crippen molar-refractivity contribution in [1.29, 1.82) is 0 Å². The number of ether oxygens (including phenoxy) is 2. The van der Waals surface area contributed by atoms with Crippen molar-refractivity contribution < 1.29 is 9.47 Å². The maximum absolute atomic E-state index is 6.03. The van der Waals surface area contributed by atoms with Crippen LogP contribution in [0.1, 0.15) is 18.5 Å². The molecule has 1 spiro atoms. The normalized spacial score (nSPS) is 24.5. The minimum absolute atomic E-state index is 0.0236. The number of aromatic nitrogens is 1. The molecule has 0 amide bonds. The summed E-state index contributed by atoms with van der Waals surface area (Å²) in [7, 11) is 1.80. The number of fused-ring (bicyclic) bond motifs is 1. The first kappa shape index (κ1) is 14.1. The second-order valence-electron chi connectivity index (χ2n) is 6.52. The summed E-state index contributed by atoms with van der Waals surface area (Å²) in [6.07, 6.45) is 2.39. The van der Waals surface area contributed by atoms with Gasteiger partial charge in [-0.15, -0.1) is 0 Å². The van der Waals surface area contributed by atoms with E-state index in [1.807, 2.05) is 6.07 Å². The molecule has 0 N–H and O–H groups in total. The Bertz CT molecular complexity index is 667. The van der Waals surface area contributed by atoms with Gasteiger partial charge in [-0.25, -0.2) is 0 Å². The van der Waals surface area contributed by atoms with E-state index in [9.17, 15) is 0 Å². The standard InChI is InChI=1S/C18H22N2O2/c1-21-16-8-9-22-18(10-16)12-20(13-18)11-15-7-6-14-4-2-3-5-17(14)19-15/h2-7,16H,8-13H2,1H3/t16-/m1/s1. The topological polar surface area (TPSA) is 34.6 Å². The van der Waals surface area contributed by atoms with Crippen molar-refractivity contribution in [3.63, 3.8) is 0 Å². The van der Waals surface area contributed by atoms with Crippen LogP contribution in [0.25, 0.3) is 10.9 Å². The van der Waals surface area contributed by atoms with Crippen LogP contribution in [0.2, 0.25) is 0 Å². The number of hydrogen-bond donors (Lipinski definition) is 0. The van der Waals surface area contributed by atoms with E-state index < -0.39 is 0 Å². The van der Waals surface area contributed by atoms with Gasteiger partial charge in [-0.3, -0.25) is 9.88 Å². The highest BCUT2D eigenvalue weighted by molar-refractivity contribution is 5.78. The van der Waals surface area contributed by atoms with Crippen molar-refractivity contribution in [1.82, 2.24) is 9.88 Å². The zero-order valence-corrected chi connectivity index (χ0v) is 13.0. The average molecular weight is 298 g/mol. The van der Waals surface area contributed by atoms with Gasteiger partial charge in [0, 0.05) is 45.2 Å². The summed E-state index contributed by atoms with van der Waals surface area (Å²) in [5.41, 5.74) is 2.23. The number of para-hydroxylation sites is 1. The Balaban J connectivity index is 1.40. The molecule has 0 unspecified atom stereocenters. The second kappa shape index (κ2) is 5.61. The van der Waals surface area contributed by atoms with Gasteiger partial charge in [-0.1, -0.05) is 24.3 Å². The van der Waals surface area contributed by atoms with Crippen molar-refractivity contribution in [2.75, 3.05) is 26.8 Å². The van der Waals surface area contributed by atoms with E-state index >= 15 is 0 Å². The lowest BCUT2D eigenvalue weighted by atomic mass is 9.84. The summed E-state index contributed by atoms with van der Waals surface area (Å²) in [5.74, 6) is 0. The number of likely N-dealkylation sites (tertiary alicyclic amines) is 1. The molecule has 0 radical (unpaired) electrons. The number of rotatable bonds is 3. The van der Waals surface area contributed by atoms with Gasteiger partial charge in [0.25, 0.3) is 0 Å². The summed E-state index contributed by atoms with van der Waals surface area (Å²) in [4.78, 5) is 7.17. The molecule has 4 nitrogen and oxygen atoms in total. The van der Waals surface area contributed by atoms with Crippen LogP contribution in [0.15, 0.2) is 36.4 Å². The van der Waals surface area contributed by atoms with Crippen LogP contribution in [-0.4, -0.2) is 48.4 Å². The lowest BCUT2D eigenvalue weighted by Crippen LogP contribution is -2.65. The third kappa shape index (κ3) is 2.62. The van der Waals surface area contributed by atoms with Crippen molar-refractivity contribution in [3.05, 3.63) is 42.1 Å². The van der Waals surface area contributed by atoms with Crippen molar-refractivity contribution >= 4 is 10.9 Å². The van der Waals surface area contributed by atoms with Gasteiger partial charge in [-0.05, 0) is 18.6 Å². The lowest BCUT2D eigenvalue weighted by Gasteiger charge is -2.53. The number of methoxy groups -OCH3 is 1. The molecular weight excluding hydrogens is 276 g/mol. The smallest absolute Gasteiger partial charge is 0.0959 e. The molecule has 22 heavy (non-hydrogen) atoms. The average Bonchev–Trinajstić information content (AvgIpc) is 2.53. The lowest BCUT2D eigenvalue weighted by molar-refractivity contribution is -0.195. The summed E-state index contributed by atoms with van der Waals surface area (Å²) in [5, 5.41) is 1.20. The van der Waals surface area contributed by atoms with Gasteiger partial charge in [-0.2, -0.15) is 0 Å². The van der Waals surface area contributed by atoms with Gasteiger partial charge in [0.1, 0.15) is 0 Å². The SMILES string of the molecule is CO[C@@H]1CCOC2(C1)CN(Cc1ccc3ccccc3n1)C2. The summed E-state index contributed by atoms with van der Waals surface area (Å²) in [6.45, 7) is 3.69. The Morgan fingerprint density at radius 1 is 1.27 bits per heavy atom. The Labute approximate surface area is 131 Å². The number of pyridine rings is 1. The van der Waals surface area contributed by atoms with Gasteiger partial charge >= 0.3 is 0 Å². The summed E-state index contributed by atoms with van der Waals surface area (Å²) in [6, 6.07) is 12.6. The zero-order valence-electron chi connectivity index (χ0n) is 13.0. The third-order valence-corrected chi connectivity index (χ3v) is 4.85. The highest BCUT2D eigenvalue weighted by Gasteiger charge is 2.47. The second-order valence-corrected chi connectivity index (χ2v) is 6.52. The fourth-order valence-electron chi connectivity index (χ4n) is 3.71. The fraction of sp³-hybridized carbons (Fsp3) is 0.500. The molecule has 2 aromatic rings.